The summed E-state index contributed by atoms with van der Waals surface area (Å²) in [4.78, 5) is 0. The Morgan fingerprint density at radius 2 is 1.31 bits per heavy atom. The van der Waals surface area contributed by atoms with Crippen molar-refractivity contribution >= 4 is 30.1 Å². The molecule has 3 aromatic rings. The molecule has 1 aliphatic heterocycles. The second kappa shape index (κ2) is 8.87. The molecule has 0 amide bonds. The summed E-state index contributed by atoms with van der Waals surface area (Å²) in [5, 5.41) is 17.1. The van der Waals surface area contributed by atoms with Gasteiger partial charge < -0.3 is 9.26 Å². The second-order valence-electron chi connectivity index (χ2n) is 7.06. The Bertz CT molecular complexity index is 891. The second-order valence-corrected chi connectivity index (χ2v) is 10.3. The zero-order valence-corrected chi connectivity index (χ0v) is 17.0. The molecule has 0 bridgehead atoms. The van der Waals surface area contributed by atoms with Gasteiger partial charge in [-0.3, -0.25) is 0 Å². The van der Waals surface area contributed by atoms with Crippen LogP contribution in [0.2, 0.25) is 0 Å². The lowest BCUT2D eigenvalue weighted by molar-refractivity contribution is 0.188. The number of hydrogen-bond acceptors (Lipinski definition) is 4. The van der Waals surface area contributed by atoms with Gasteiger partial charge in [0.2, 0.25) is 0 Å². The van der Waals surface area contributed by atoms with Gasteiger partial charge in [0.25, 0.3) is 0 Å². The van der Waals surface area contributed by atoms with Crippen LogP contribution in [0.15, 0.2) is 96.2 Å². The SMILES string of the molecule is N#CC1COCC1C=NO[Si](c1ccccc1)(c1ccccc1)c1ccccc1. The number of ether oxygens (including phenoxy) is 1. The van der Waals surface area contributed by atoms with Gasteiger partial charge in [0.15, 0.2) is 0 Å². The lowest BCUT2D eigenvalue weighted by atomic mass is 9.99. The third-order valence-electron chi connectivity index (χ3n) is 5.27. The van der Waals surface area contributed by atoms with Gasteiger partial charge in [-0.25, -0.2) is 0 Å². The first-order valence-electron chi connectivity index (χ1n) is 9.70. The van der Waals surface area contributed by atoms with Crippen LogP contribution in [-0.2, 0) is 9.26 Å². The van der Waals surface area contributed by atoms with Crippen molar-refractivity contribution in [3.05, 3.63) is 91.0 Å². The van der Waals surface area contributed by atoms with Crippen LogP contribution >= 0.6 is 0 Å². The van der Waals surface area contributed by atoms with Crippen molar-refractivity contribution in [3.63, 3.8) is 0 Å². The summed E-state index contributed by atoms with van der Waals surface area (Å²) in [6.45, 7) is 0.952. The third-order valence-corrected chi connectivity index (χ3v) is 9.09. The van der Waals surface area contributed by atoms with Crippen LogP contribution in [0.3, 0.4) is 0 Å². The molecule has 0 aliphatic carbocycles. The molecule has 1 aliphatic rings. The minimum atomic E-state index is -2.85. The van der Waals surface area contributed by atoms with Gasteiger partial charge in [0, 0.05) is 12.1 Å². The first-order valence-corrected chi connectivity index (χ1v) is 11.6. The fourth-order valence-electron chi connectivity index (χ4n) is 3.72. The van der Waals surface area contributed by atoms with Crippen LogP contribution in [0, 0.1) is 23.2 Å². The Morgan fingerprint density at radius 1 is 0.828 bits per heavy atom. The van der Waals surface area contributed by atoms with Crippen molar-refractivity contribution in [2.75, 3.05) is 13.2 Å². The molecule has 0 radical (unpaired) electrons. The quantitative estimate of drug-likeness (QED) is 0.277. The van der Waals surface area contributed by atoms with E-state index in [2.05, 4.69) is 47.6 Å². The Balaban J connectivity index is 1.81. The summed E-state index contributed by atoms with van der Waals surface area (Å²) in [7, 11) is -2.85. The molecular weight excluding hydrogens is 376 g/mol. The van der Waals surface area contributed by atoms with Gasteiger partial charge in [0.1, 0.15) is 0 Å². The topological polar surface area (TPSA) is 54.6 Å². The molecule has 3 aromatic carbocycles. The van der Waals surface area contributed by atoms with Crippen molar-refractivity contribution in [2.24, 2.45) is 17.0 Å². The van der Waals surface area contributed by atoms with Crippen LogP contribution in [0.25, 0.3) is 0 Å². The van der Waals surface area contributed by atoms with Gasteiger partial charge in [0.05, 0.1) is 25.2 Å². The lowest BCUT2D eigenvalue weighted by Gasteiger charge is -2.30. The van der Waals surface area contributed by atoms with Crippen molar-refractivity contribution in [3.8, 4) is 6.07 Å². The van der Waals surface area contributed by atoms with E-state index in [-0.39, 0.29) is 11.8 Å². The summed E-state index contributed by atoms with van der Waals surface area (Å²) in [5.74, 6) is -0.224. The van der Waals surface area contributed by atoms with Crippen LogP contribution < -0.4 is 15.6 Å². The number of nitrogens with zero attached hydrogens (tertiary/aromatic N) is 2. The van der Waals surface area contributed by atoms with Gasteiger partial charge in [-0.1, -0.05) is 91.0 Å². The molecule has 1 saturated heterocycles. The molecule has 4 rings (SSSR count). The van der Waals surface area contributed by atoms with Crippen LogP contribution in [0.1, 0.15) is 0 Å². The van der Waals surface area contributed by atoms with Gasteiger partial charge in [-0.05, 0) is 15.6 Å². The van der Waals surface area contributed by atoms with Crippen molar-refractivity contribution < 1.29 is 9.26 Å². The zero-order chi connectivity index (χ0) is 19.9. The Labute approximate surface area is 172 Å². The van der Waals surface area contributed by atoms with E-state index < -0.39 is 8.32 Å². The molecule has 5 heteroatoms. The molecule has 0 saturated carbocycles. The van der Waals surface area contributed by atoms with E-state index in [4.69, 9.17) is 9.26 Å². The predicted molar refractivity (Wildman–Crippen MR) is 117 cm³/mol. The monoisotopic (exact) mass is 398 g/mol. The van der Waals surface area contributed by atoms with Crippen molar-refractivity contribution in [2.45, 2.75) is 0 Å². The van der Waals surface area contributed by atoms with E-state index >= 15 is 0 Å². The van der Waals surface area contributed by atoms with Gasteiger partial charge in [-0.2, -0.15) is 5.26 Å². The summed E-state index contributed by atoms with van der Waals surface area (Å²) < 4.78 is 11.9. The molecule has 0 aromatic heterocycles. The fraction of sp³-hybridized carbons (Fsp3) is 0.167. The van der Waals surface area contributed by atoms with Crippen molar-refractivity contribution in [1.82, 2.24) is 0 Å². The number of oxime groups is 1. The van der Waals surface area contributed by atoms with Crippen molar-refractivity contribution in [1.29, 1.82) is 5.26 Å². The van der Waals surface area contributed by atoms with E-state index in [1.54, 1.807) is 6.21 Å². The summed E-state index contributed by atoms with van der Waals surface area (Å²) in [6.07, 6.45) is 1.75. The minimum absolute atomic E-state index is 0.0472. The largest absolute Gasteiger partial charge is 0.438 e. The fourth-order valence-corrected chi connectivity index (χ4v) is 7.24. The maximum Gasteiger partial charge on any atom is 0.380 e. The average Bonchev–Trinajstić information content (AvgIpc) is 3.26. The normalized spacial score (nSPS) is 19.1. The minimum Gasteiger partial charge on any atom is -0.438 e. The first kappa shape index (κ1) is 19.1. The molecule has 29 heavy (non-hydrogen) atoms. The molecule has 0 spiro atoms. The third kappa shape index (κ3) is 3.86. The number of nitriles is 1. The van der Waals surface area contributed by atoms with Gasteiger partial charge >= 0.3 is 8.32 Å². The molecule has 0 N–H and O–H groups in total. The van der Waals surface area contributed by atoms with E-state index in [9.17, 15) is 5.26 Å². The smallest absolute Gasteiger partial charge is 0.380 e. The maximum atomic E-state index is 9.31. The molecule has 1 heterocycles. The first-order chi connectivity index (χ1) is 14.3. The standard InChI is InChI=1S/C24H22N2O2Si/c25-16-20-18-27-19-21(20)17-26-28-29(22-10-4-1-5-11-22,23-12-6-2-7-13-23)24-14-8-3-9-15-24/h1-15,17,20-21H,18-19H2. The highest BCUT2D eigenvalue weighted by Crippen LogP contribution is 2.18. The van der Waals surface area contributed by atoms with Gasteiger partial charge in [-0.15, -0.1) is 5.16 Å². The zero-order valence-electron chi connectivity index (χ0n) is 16.0. The predicted octanol–water partition coefficient (Wildman–Crippen LogP) is 2.44. The van der Waals surface area contributed by atoms with Crippen LogP contribution in [0.4, 0.5) is 0 Å². The lowest BCUT2D eigenvalue weighted by Crippen LogP contribution is -2.68. The molecule has 1 fully saturated rings. The average molecular weight is 399 g/mol. The molecule has 2 unspecified atom stereocenters. The molecule has 2 atom stereocenters. The summed E-state index contributed by atoms with van der Waals surface area (Å²) >= 11 is 0. The number of rotatable bonds is 6. The maximum absolute atomic E-state index is 9.31. The van der Waals surface area contributed by atoms with E-state index in [0.29, 0.717) is 13.2 Å². The highest BCUT2D eigenvalue weighted by molar-refractivity contribution is 7.07. The summed E-state index contributed by atoms with van der Waals surface area (Å²) in [6, 6.07) is 33.2. The van der Waals surface area contributed by atoms with Crippen LogP contribution in [-0.4, -0.2) is 27.7 Å². The Morgan fingerprint density at radius 3 is 1.76 bits per heavy atom. The molecule has 4 nitrogen and oxygen atoms in total. The number of benzene rings is 3. The Hall–Kier alpha value is -3.20. The number of hydrogen-bond donors (Lipinski definition) is 0. The summed E-state index contributed by atoms with van der Waals surface area (Å²) in [5.41, 5.74) is 0. The Kier molecular flexibility index (Phi) is 5.85. The van der Waals surface area contributed by atoms with E-state index in [1.807, 2.05) is 54.6 Å². The molecule has 144 valence electrons. The highest BCUT2D eigenvalue weighted by Gasteiger charge is 2.45. The highest BCUT2D eigenvalue weighted by atomic mass is 28.4. The molecular formula is C24H22N2O2Si. The van der Waals surface area contributed by atoms with E-state index in [0.717, 1.165) is 15.6 Å². The van der Waals surface area contributed by atoms with Crippen LogP contribution in [0.5, 0.6) is 0 Å². The van der Waals surface area contributed by atoms with E-state index in [1.165, 1.54) is 0 Å².